The van der Waals surface area contributed by atoms with Gasteiger partial charge in [0.05, 0.1) is 24.4 Å². The summed E-state index contributed by atoms with van der Waals surface area (Å²) in [6.07, 6.45) is 1.45. The molecule has 0 bridgehead atoms. The van der Waals surface area contributed by atoms with Crippen LogP contribution in [0.2, 0.25) is 0 Å². The minimum Gasteiger partial charge on any atom is -0.383 e. The number of aromatic nitrogens is 2. The molecule has 2 amide bonds. The molecule has 3 heterocycles. The zero-order valence-corrected chi connectivity index (χ0v) is 19.8. The molecule has 0 saturated carbocycles. The van der Waals surface area contributed by atoms with Crippen molar-refractivity contribution in [3.05, 3.63) is 46.9 Å². The molecule has 36 heavy (non-hydrogen) atoms. The van der Waals surface area contributed by atoms with Crippen LogP contribution in [0.25, 0.3) is 0 Å². The van der Waals surface area contributed by atoms with Crippen molar-refractivity contribution in [1.82, 2.24) is 19.8 Å². The van der Waals surface area contributed by atoms with Crippen molar-refractivity contribution in [2.24, 2.45) is 0 Å². The van der Waals surface area contributed by atoms with Gasteiger partial charge < -0.3 is 20.3 Å². The van der Waals surface area contributed by atoms with Crippen molar-refractivity contribution >= 4 is 29.6 Å². The monoisotopic (exact) mass is 501 g/mol. The first kappa shape index (κ1) is 26.6. The fourth-order valence-corrected chi connectivity index (χ4v) is 3.47. The Balaban J connectivity index is 1.77. The number of alkyl halides is 2. The number of piperazine rings is 1. The molecule has 3 rings (SSSR count). The first-order valence-electron chi connectivity index (χ1n) is 10.9. The molecule has 11 nitrogen and oxygen atoms in total. The minimum atomic E-state index is -4.10. The van der Waals surface area contributed by atoms with E-state index in [0.717, 1.165) is 12.3 Å². The second kappa shape index (κ2) is 11.6. The zero-order valence-electron chi connectivity index (χ0n) is 19.8. The number of pyridine rings is 2. The van der Waals surface area contributed by atoms with Gasteiger partial charge in [0.25, 0.3) is 0 Å². The van der Waals surface area contributed by atoms with E-state index >= 15 is 0 Å². The van der Waals surface area contributed by atoms with Crippen LogP contribution < -0.4 is 10.6 Å². The van der Waals surface area contributed by atoms with Crippen molar-refractivity contribution in [3.8, 4) is 6.07 Å². The quantitative estimate of drug-likeness (QED) is 0.363. The molecule has 13 heteroatoms. The Kier molecular flexibility index (Phi) is 8.57. The van der Waals surface area contributed by atoms with Crippen molar-refractivity contribution in [1.29, 1.82) is 5.26 Å². The van der Waals surface area contributed by atoms with Crippen LogP contribution in [0.5, 0.6) is 0 Å². The lowest BCUT2D eigenvalue weighted by Gasteiger charge is -2.32. The van der Waals surface area contributed by atoms with Gasteiger partial charge in [0.1, 0.15) is 23.3 Å². The van der Waals surface area contributed by atoms with E-state index in [1.165, 1.54) is 24.1 Å². The van der Waals surface area contributed by atoms with Crippen LogP contribution in [0.4, 0.5) is 20.3 Å². The highest BCUT2D eigenvalue weighted by atomic mass is 19.3. The molecule has 1 aliphatic heterocycles. The molecule has 2 aromatic heterocycles. The number of methoxy groups -OCH3 is 1. The van der Waals surface area contributed by atoms with E-state index in [0.29, 0.717) is 38.1 Å². The molecule has 0 aliphatic carbocycles. The number of likely N-dealkylation sites (N-methyl/N-ethyl adjacent to an activating group) is 1. The third-order valence-electron chi connectivity index (χ3n) is 5.49. The first-order chi connectivity index (χ1) is 17.2. The Morgan fingerprint density at radius 1 is 1.36 bits per heavy atom. The number of rotatable bonds is 10. The van der Waals surface area contributed by atoms with Gasteiger partial charge in [-0.05, 0) is 13.1 Å². The normalized spacial score (nSPS) is 14.3. The zero-order chi connectivity index (χ0) is 26.3. The molecule has 0 unspecified atom stereocenters. The van der Waals surface area contributed by atoms with E-state index < -0.39 is 17.5 Å². The number of nitrogens with one attached hydrogen (secondary N) is 2. The van der Waals surface area contributed by atoms with E-state index in [1.54, 1.807) is 0 Å². The van der Waals surface area contributed by atoms with Gasteiger partial charge >= 0.3 is 11.8 Å². The number of ether oxygens (including phenoxy) is 1. The molecule has 2 aromatic rings. The Morgan fingerprint density at radius 2 is 2.14 bits per heavy atom. The van der Waals surface area contributed by atoms with Gasteiger partial charge in [-0.1, -0.05) is 6.07 Å². The molecule has 0 spiro atoms. The van der Waals surface area contributed by atoms with Crippen molar-refractivity contribution < 1.29 is 27.9 Å². The van der Waals surface area contributed by atoms with Gasteiger partial charge in [-0.2, -0.15) is 14.0 Å². The predicted molar refractivity (Wildman–Crippen MR) is 124 cm³/mol. The Bertz CT molecular complexity index is 1190. The summed E-state index contributed by atoms with van der Waals surface area (Å²) in [6.45, 7) is 1.99. The summed E-state index contributed by atoms with van der Waals surface area (Å²) >= 11 is 0. The second-order valence-electron chi connectivity index (χ2n) is 8.09. The van der Waals surface area contributed by atoms with E-state index in [9.17, 15) is 28.4 Å². The summed E-state index contributed by atoms with van der Waals surface area (Å²) in [5, 5.41) is 14.1. The van der Waals surface area contributed by atoms with E-state index in [2.05, 4.69) is 15.3 Å². The van der Waals surface area contributed by atoms with Gasteiger partial charge in [0.2, 0.25) is 5.91 Å². The number of halogens is 2. The Labute approximate surface area is 206 Å². The number of aldehydes is 1. The van der Waals surface area contributed by atoms with Crippen molar-refractivity contribution in [2.45, 2.75) is 12.5 Å². The van der Waals surface area contributed by atoms with E-state index in [4.69, 9.17) is 4.74 Å². The summed E-state index contributed by atoms with van der Waals surface area (Å²) in [6, 6.07) is 5.38. The number of carbonyl (C=O) groups is 3. The van der Waals surface area contributed by atoms with Crippen LogP contribution in [0.3, 0.4) is 0 Å². The van der Waals surface area contributed by atoms with E-state index in [-0.39, 0.29) is 41.8 Å². The number of nitrogens with zero attached hydrogens (tertiary/aromatic N) is 5. The molecule has 0 aromatic carbocycles. The van der Waals surface area contributed by atoms with Gasteiger partial charge in [-0.15, -0.1) is 0 Å². The molecule has 1 fully saturated rings. The second-order valence-corrected chi connectivity index (χ2v) is 8.09. The Morgan fingerprint density at radius 3 is 2.81 bits per heavy atom. The number of hydrogen-bond acceptors (Lipinski definition) is 9. The van der Waals surface area contributed by atoms with Crippen LogP contribution in [0.15, 0.2) is 24.4 Å². The highest BCUT2D eigenvalue weighted by Gasteiger charge is 2.43. The summed E-state index contributed by atoms with van der Waals surface area (Å²) in [5.74, 6) is -6.17. The van der Waals surface area contributed by atoms with Crippen LogP contribution in [0.1, 0.15) is 27.3 Å². The molecule has 1 saturated heterocycles. The molecule has 0 radical (unpaired) electrons. The third-order valence-corrected chi connectivity index (χ3v) is 5.49. The number of hydrogen-bond donors (Lipinski definition) is 2. The molecular formula is C23H25F2N7O4. The molecule has 190 valence electrons. The average molecular weight is 501 g/mol. The average Bonchev–Trinajstić information content (AvgIpc) is 2.86. The van der Waals surface area contributed by atoms with Crippen LogP contribution in [-0.2, 0) is 26.8 Å². The number of amides is 2. The smallest absolute Gasteiger partial charge is 0.366 e. The van der Waals surface area contributed by atoms with Gasteiger partial charge in [0, 0.05) is 51.1 Å². The molecule has 1 aliphatic rings. The van der Waals surface area contributed by atoms with Crippen LogP contribution in [-0.4, -0.2) is 84.8 Å². The summed E-state index contributed by atoms with van der Waals surface area (Å²) in [4.78, 5) is 47.1. The standard InChI is InChI=1S/C23H25F2N7O4/c1-31-6-7-32(21(34)13-31)12-15-3-4-19(29-18(15)14-33)23(24,25)22(35)30-20-9-17(27-5-8-36-2)16(10-26)11-28-20/h3-4,9,11,14H,5-8,12-13H2,1-2H3,(H2,27,28,30,35). The summed E-state index contributed by atoms with van der Waals surface area (Å²) in [5.41, 5.74) is -0.478. The number of carbonyl (C=O) groups excluding carboxylic acids is 3. The van der Waals surface area contributed by atoms with E-state index in [1.807, 2.05) is 23.3 Å². The molecule has 0 atom stereocenters. The lowest BCUT2D eigenvalue weighted by molar-refractivity contribution is -0.141. The maximum Gasteiger partial charge on any atom is 0.366 e. The predicted octanol–water partition coefficient (Wildman–Crippen LogP) is 1.22. The highest BCUT2D eigenvalue weighted by Crippen LogP contribution is 2.29. The fourth-order valence-electron chi connectivity index (χ4n) is 3.47. The third kappa shape index (κ3) is 6.15. The number of nitriles is 1. The number of anilines is 2. The lowest BCUT2D eigenvalue weighted by atomic mass is 10.1. The largest absolute Gasteiger partial charge is 0.383 e. The van der Waals surface area contributed by atoms with Crippen LogP contribution in [0, 0.1) is 11.3 Å². The topological polar surface area (TPSA) is 141 Å². The molecular weight excluding hydrogens is 476 g/mol. The maximum absolute atomic E-state index is 15.0. The summed E-state index contributed by atoms with van der Waals surface area (Å²) < 4.78 is 34.9. The van der Waals surface area contributed by atoms with Gasteiger partial charge in [0.15, 0.2) is 6.29 Å². The minimum absolute atomic E-state index is 0.0415. The highest BCUT2D eigenvalue weighted by molar-refractivity contribution is 5.96. The van der Waals surface area contributed by atoms with Crippen molar-refractivity contribution in [2.75, 3.05) is 57.6 Å². The first-order valence-corrected chi connectivity index (χ1v) is 10.9. The van der Waals surface area contributed by atoms with Gasteiger partial charge in [-0.3, -0.25) is 19.3 Å². The SMILES string of the molecule is COCCNc1cc(NC(=O)C(F)(F)c2ccc(CN3CCN(C)CC3=O)c(C=O)n2)ncc1C#N. The molecule has 2 N–H and O–H groups in total. The van der Waals surface area contributed by atoms with Crippen molar-refractivity contribution in [3.63, 3.8) is 0 Å². The lowest BCUT2D eigenvalue weighted by Crippen LogP contribution is -2.48. The fraction of sp³-hybridized carbons (Fsp3) is 0.391. The van der Waals surface area contributed by atoms with Gasteiger partial charge in [-0.25, -0.2) is 9.97 Å². The Hall–Kier alpha value is -4.02. The summed E-state index contributed by atoms with van der Waals surface area (Å²) in [7, 11) is 3.30. The maximum atomic E-state index is 15.0. The van der Waals surface area contributed by atoms with Crippen LogP contribution >= 0.6 is 0 Å².